The molecule has 1 heterocycles. The van der Waals surface area contributed by atoms with E-state index in [9.17, 15) is 18.0 Å². The Kier molecular flexibility index (Phi) is 5.35. The zero-order valence-electron chi connectivity index (χ0n) is 15.3. The van der Waals surface area contributed by atoms with Crippen LogP contribution in [-0.4, -0.2) is 16.7 Å². The van der Waals surface area contributed by atoms with Crippen molar-refractivity contribution in [2.75, 3.05) is 0 Å². The molecule has 0 saturated heterocycles. The van der Waals surface area contributed by atoms with Crippen LogP contribution in [0.3, 0.4) is 0 Å². The van der Waals surface area contributed by atoms with Gasteiger partial charge in [-0.1, -0.05) is 18.2 Å². The van der Waals surface area contributed by atoms with E-state index in [-0.39, 0.29) is 5.56 Å². The molecule has 0 unspecified atom stereocenters. The van der Waals surface area contributed by atoms with E-state index < -0.39 is 17.6 Å². The Hall–Kier alpha value is -3.35. The predicted octanol–water partition coefficient (Wildman–Crippen LogP) is 4.88. The number of halogens is 3. The normalized spacial score (nSPS) is 11.8. The topological polar surface area (TPSA) is 46.4 Å². The Morgan fingerprint density at radius 1 is 0.964 bits per heavy atom. The molecule has 0 saturated carbocycles. The summed E-state index contributed by atoms with van der Waals surface area (Å²) in [6.45, 7) is 3.97. The van der Waals surface area contributed by atoms with Crippen LogP contribution in [0.5, 0.6) is 0 Å². The lowest BCUT2D eigenvalue weighted by Gasteiger charge is -2.10. The number of aromatic nitrogens is 1. The molecule has 3 rings (SSSR count). The molecule has 1 amide bonds. The number of carbonyl (C=O) groups is 1. The monoisotopic (exact) mass is 385 g/mol. The lowest BCUT2D eigenvalue weighted by molar-refractivity contribution is -0.137. The largest absolute Gasteiger partial charge is 0.417 e. The van der Waals surface area contributed by atoms with Crippen LogP contribution in [0.2, 0.25) is 0 Å². The minimum Gasteiger partial charge on any atom is -0.319 e. The zero-order valence-corrected chi connectivity index (χ0v) is 15.3. The average Bonchev–Trinajstić information content (AvgIpc) is 3.00. The van der Waals surface area contributed by atoms with Gasteiger partial charge in [-0.15, -0.1) is 0 Å². The van der Waals surface area contributed by atoms with Gasteiger partial charge in [-0.2, -0.15) is 18.3 Å². The van der Waals surface area contributed by atoms with Crippen LogP contribution in [0, 0.1) is 13.8 Å². The summed E-state index contributed by atoms with van der Waals surface area (Å²) in [5.74, 6) is -0.506. The highest BCUT2D eigenvalue weighted by Crippen LogP contribution is 2.31. The molecule has 144 valence electrons. The zero-order chi connectivity index (χ0) is 20.3. The van der Waals surface area contributed by atoms with Crippen LogP contribution < -0.4 is 5.43 Å². The van der Waals surface area contributed by atoms with Gasteiger partial charge in [0.05, 0.1) is 11.8 Å². The van der Waals surface area contributed by atoms with E-state index in [2.05, 4.69) is 10.5 Å². The highest BCUT2D eigenvalue weighted by atomic mass is 19.4. The van der Waals surface area contributed by atoms with Crippen LogP contribution in [-0.2, 0) is 6.18 Å². The molecule has 0 spiro atoms. The van der Waals surface area contributed by atoms with Crippen LogP contribution in [0.25, 0.3) is 5.69 Å². The fraction of sp³-hybridized carbons (Fsp3) is 0.143. The van der Waals surface area contributed by atoms with Crippen LogP contribution in [0.15, 0.2) is 65.8 Å². The number of carbonyl (C=O) groups excluding carboxylic acids is 1. The molecule has 0 bridgehead atoms. The Bertz CT molecular complexity index is 999. The molecule has 1 aromatic heterocycles. The number of amides is 1. The highest BCUT2D eigenvalue weighted by molar-refractivity contribution is 5.95. The minimum absolute atomic E-state index is 0.121. The third-order valence-corrected chi connectivity index (χ3v) is 4.29. The number of nitrogens with zero attached hydrogens (tertiary/aromatic N) is 2. The van der Waals surface area contributed by atoms with Crippen molar-refractivity contribution in [3.05, 3.63) is 88.7 Å². The van der Waals surface area contributed by atoms with Gasteiger partial charge < -0.3 is 4.57 Å². The Morgan fingerprint density at radius 2 is 1.57 bits per heavy atom. The first-order valence-corrected chi connectivity index (χ1v) is 8.52. The second-order valence-corrected chi connectivity index (χ2v) is 6.28. The lowest BCUT2D eigenvalue weighted by atomic mass is 10.1. The Morgan fingerprint density at radius 3 is 2.18 bits per heavy atom. The van der Waals surface area contributed by atoms with Crippen LogP contribution in [0.4, 0.5) is 13.2 Å². The standard InChI is InChI=1S/C21H18F3N3O/c1-14-7-8-15(2)27(14)18-11-9-16(10-12-18)20(28)26-25-13-17-5-3-4-6-19(17)21(22,23)24/h3-13H,1-2H3,(H,26,28)/b25-13+. The molecule has 0 aliphatic rings. The highest BCUT2D eigenvalue weighted by Gasteiger charge is 2.32. The van der Waals surface area contributed by atoms with E-state index in [1.165, 1.54) is 18.2 Å². The molecule has 4 nitrogen and oxygen atoms in total. The summed E-state index contributed by atoms with van der Waals surface area (Å²) in [4.78, 5) is 12.2. The van der Waals surface area contributed by atoms with Gasteiger partial charge in [0.1, 0.15) is 0 Å². The van der Waals surface area contributed by atoms with Gasteiger partial charge in [-0.25, -0.2) is 5.43 Å². The summed E-state index contributed by atoms with van der Waals surface area (Å²) in [6, 6.07) is 15.9. The number of alkyl halides is 3. The second-order valence-electron chi connectivity index (χ2n) is 6.28. The maximum absolute atomic E-state index is 13.0. The lowest BCUT2D eigenvalue weighted by Crippen LogP contribution is -2.18. The number of hydrogen-bond acceptors (Lipinski definition) is 2. The minimum atomic E-state index is -4.49. The van der Waals surface area contributed by atoms with Crippen LogP contribution in [0.1, 0.15) is 32.9 Å². The van der Waals surface area contributed by atoms with E-state index in [1.54, 1.807) is 24.3 Å². The first-order chi connectivity index (χ1) is 13.3. The van der Waals surface area contributed by atoms with Gasteiger partial charge in [0.2, 0.25) is 0 Å². The van der Waals surface area contributed by atoms with Gasteiger partial charge >= 0.3 is 6.18 Å². The summed E-state index contributed by atoms with van der Waals surface area (Å²) in [7, 11) is 0. The molecule has 28 heavy (non-hydrogen) atoms. The molecule has 3 aromatic rings. The molecule has 0 aliphatic heterocycles. The third kappa shape index (κ3) is 4.14. The average molecular weight is 385 g/mol. The molecular formula is C21H18F3N3O. The van der Waals surface area contributed by atoms with Crippen molar-refractivity contribution in [1.82, 2.24) is 9.99 Å². The molecule has 0 radical (unpaired) electrons. The first kappa shape index (κ1) is 19.4. The Labute approximate surface area is 160 Å². The first-order valence-electron chi connectivity index (χ1n) is 8.52. The Balaban J connectivity index is 1.72. The maximum atomic E-state index is 13.0. The number of hydrazone groups is 1. The summed E-state index contributed by atoms with van der Waals surface area (Å²) >= 11 is 0. The summed E-state index contributed by atoms with van der Waals surface area (Å²) in [6.07, 6.45) is -3.50. The molecule has 0 atom stereocenters. The number of aryl methyl sites for hydroxylation is 2. The van der Waals surface area contributed by atoms with Crippen molar-refractivity contribution in [3.8, 4) is 5.69 Å². The molecule has 0 fully saturated rings. The molecule has 0 aliphatic carbocycles. The SMILES string of the molecule is Cc1ccc(C)n1-c1ccc(C(=O)N/N=C/c2ccccc2C(F)(F)F)cc1. The summed E-state index contributed by atoms with van der Waals surface area (Å²) < 4.78 is 40.9. The molecular weight excluding hydrogens is 367 g/mol. The van der Waals surface area contributed by atoms with Gasteiger partial charge in [-0.3, -0.25) is 4.79 Å². The molecule has 1 N–H and O–H groups in total. The third-order valence-electron chi connectivity index (χ3n) is 4.29. The predicted molar refractivity (Wildman–Crippen MR) is 102 cm³/mol. The maximum Gasteiger partial charge on any atom is 0.417 e. The van der Waals surface area contributed by atoms with Crippen LogP contribution >= 0.6 is 0 Å². The van der Waals surface area contributed by atoms with Crippen molar-refractivity contribution in [2.24, 2.45) is 5.10 Å². The van der Waals surface area contributed by atoms with Gasteiger partial charge in [-0.05, 0) is 56.3 Å². The van der Waals surface area contributed by atoms with E-state index in [1.807, 2.05) is 30.5 Å². The number of benzene rings is 2. The van der Waals surface area contributed by atoms with Crippen molar-refractivity contribution < 1.29 is 18.0 Å². The van der Waals surface area contributed by atoms with Crippen molar-refractivity contribution in [1.29, 1.82) is 0 Å². The number of nitrogens with one attached hydrogen (secondary N) is 1. The van der Waals surface area contributed by atoms with Gasteiger partial charge in [0.15, 0.2) is 0 Å². The molecule has 2 aromatic carbocycles. The van der Waals surface area contributed by atoms with Crippen molar-refractivity contribution in [3.63, 3.8) is 0 Å². The van der Waals surface area contributed by atoms with Crippen molar-refractivity contribution in [2.45, 2.75) is 20.0 Å². The number of hydrogen-bond donors (Lipinski definition) is 1. The second kappa shape index (κ2) is 7.72. The summed E-state index contributed by atoms with van der Waals surface area (Å²) in [5, 5.41) is 3.66. The van der Waals surface area contributed by atoms with Gasteiger partial charge in [0.25, 0.3) is 5.91 Å². The van der Waals surface area contributed by atoms with Crippen molar-refractivity contribution >= 4 is 12.1 Å². The van der Waals surface area contributed by atoms with E-state index in [4.69, 9.17) is 0 Å². The fourth-order valence-corrected chi connectivity index (χ4v) is 2.93. The van der Waals surface area contributed by atoms with E-state index >= 15 is 0 Å². The van der Waals surface area contributed by atoms with E-state index in [0.717, 1.165) is 29.4 Å². The van der Waals surface area contributed by atoms with Gasteiger partial charge in [0, 0.05) is 28.2 Å². The fourth-order valence-electron chi connectivity index (χ4n) is 2.93. The number of rotatable bonds is 4. The van der Waals surface area contributed by atoms with E-state index in [0.29, 0.717) is 5.56 Å². The summed E-state index contributed by atoms with van der Waals surface area (Å²) in [5.41, 5.74) is 4.74. The quantitative estimate of drug-likeness (QED) is 0.505. The molecule has 7 heteroatoms. The smallest absolute Gasteiger partial charge is 0.319 e.